The molecule has 0 aliphatic heterocycles. The molecule has 84 valence electrons. The van der Waals surface area contributed by atoms with E-state index in [4.69, 9.17) is 16.3 Å². The molecule has 1 aromatic carbocycles. The molecule has 0 amide bonds. The van der Waals surface area contributed by atoms with Crippen molar-refractivity contribution in [1.29, 1.82) is 0 Å². The van der Waals surface area contributed by atoms with E-state index in [1.54, 1.807) is 11.8 Å². The molecule has 0 spiro atoms. The van der Waals surface area contributed by atoms with Gasteiger partial charge in [0.2, 0.25) is 5.88 Å². The van der Waals surface area contributed by atoms with Crippen LogP contribution >= 0.6 is 11.6 Å². The van der Waals surface area contributed by atoms with Crippen molar-refractivity contribution in [1.82, 2.24) is 9.78 Å². The molecule has 5 heteroatoms. The third-order valence-corrected chi connectivity index (χ3v) is 2.44. The molecule has 0 bridgehead atoms. The van der Waals surface area contributed by atoms with E-state index in [2.05, 4.69) is 10.4 Å². The van der Waals surface area contributed by atoms with Crippen molar-refractivity contribution in [2.45, 2.75) is 0 Å². The van der Waals surface area contributed by atoms with Crippen molar-refractivity contribution < 1.29 is 4.74 Å². The fraction of sp³-hybridized carbons (Fsp3) is 0.182. The van der Waals surface area contributed by atoms with Gasteiger partial charge in [0.05, 0.1) is 12.8 Å². The SMILES string of the molecule is CNc1cc(OC)nn1-c1cccc(Cl)c1. The first-order valence-corrected chi connectivity index (χ1v) is 5.20. The summed E-state index contributed by atoms with van der Waals surface area (Å²) in [5.74, 6) is 1.41. The summed E-state index contributed by atoms with van der Waals surface area (Å²) in [5.41, 5.74) is 0.889. The third-order valence-electron chi connectivity index (χ3n) is 2.20. The van der Waals surface area contributed by atoms with Gasteiger partial charge in [-0.1, -0.05) is 17.7 Å². The van der Waals surface area contributed by atoms with Crippen LogP contribution in [0.1, 0.15) is 0 Å². The van der Waals surface area contributed by atoms with Crippen LogP contribution in [0.25, 0.3) is 5.69 Å². The van der Waals surface area contributed by atoms with Crippen LogP contribution in [0.3, 0.4) is 0 Å². The summed E-state index contributed by atoms with van der Waals surface area (Å²) in [4.78, 5) is 0. The van der Waals surface area contributed by atoms with Crippen LogP contribution in [0.4, 0.5) is 5.82 Å². The van der Waals surface area contributed by atoms with E-state index in [1.165, 1.54) is 0 Å². The quantitative estimate of drug-likeness (QED) is 0.892. The second-order valence-electron chi connectivity index (χ2n) is 3.21. The van der Waals surface area contributed by atoms with Gasteiger partial charge in [-0.2, -0.15) is 0 Å². The Labute approximate surface area is 98.8 Å². The predicted octanol–water partition coefficient (Wildman–Crippen LogP) is 2.58. The number of hydrogen-bond donors (Lipinski definition) is 1. The van der Waals surface area contributed by atoms with E-state index in [9.17, 15) is 0 Å². The zero-order valence-corrected chi connectivity index (χ0v) is 9.82. The topological polar surface area (TPSA) is 39.1 Å². The highest BCUT2D eigenvalue weighted by Crippen LogP contribution is 2.22. The van der Waals surface area contributed by atoms with Gasteiger partial charge in [0, 0.05) is 18.1 Å². The number of hydrogen-bond acceptors (Lipinski definition) is 3. The summed E-state index contributed by atoms with van der Waals surface area (Å²) in [6.07, 6.45) is 0. The summed E-state index contributed by atoms with van der Waals surface area (Å²) in [5, 5.41) is 8.00. The molecule has 0 radical (unpaired) electrons. The number of nitrogens with one attached hydrogen (secondary N) is 1. The van der Waals surface area contributed by atoms with Crippen LogP contribution in [0, 0.1) is 0 Å². The molecule has 0 aliphatic rings. The maximum absolute atomic E-state index is 5.94. The summed E-state index contributed by atoms with van der Waals surface area (Å²) >= 11 is 5.94. The smallest absolute Gasteiger partial charge is 0.235 e. The molecular weight excluding hydrogens is 226 g/mol. The van der Waals surface area contributed by atoms with E-state index < -0.39 is 0 Å². The molecule has 2 rings (SSSR count). The van der Waals surface area contributed by atoms with Gasteiger partial charge < -0.3 is 10.1 Å². The molecule has 16 heavy (non-hydrogen) atoms. The minimum Gasteiger partial charge on any atom is -0.480 e. The number of ether oxygens (including phenoxy) is 1. The lowest BCUT2D eigenvalue weighted by Crippen LogP contribution is -2.02. The third kappa shape index (κ3) is 1.97. The maximum Gasteiger partial charge on any atom is 0.235 e. The van der Waals surface area contributed by atoms with Crippen LogP contribution in [0.2, 0.25) is 5.02 Å². The molecule has 0 aliphatic carbocycles. The van der Waals surface area contributed by atoms with E-state index in [0.29, 0.717) is 10.9 Å². The molecular formula is C11H12ClN3O. The summed E-state index contributed by atoms with van der Waals surface area (Å²) < 4.78 is 6.82. The van der Waals surface area contributed by atoms with Gasteiger partial charge in [0.25, 0.3) is 0 Å². The first-order chi connectivity index (χ1) is 7.74. The highest BCUT2D eigenvalue weighted by Gasteiger charge is 2.08. The van der Waals surface area contributed by atoms with Crippen LogP contribution in [0.15, 0.2) is 30.3 Å². The Morgan fingerprint density at radius 1 is 1.38 bits per heavy atom. The molecule has 0 atom stereocenters. The van der Waals surface area contributed by atoms with E-state index in [1.807, 2.05) is 37.4 Å². The second kappa shape index (κ2) is 4.45. The number of anilines is 1. The van der Waals surface area contributed by atoms with Gasteiger partial charge in [-0.15, -0.1) is 5.10 Å². The molecule has 4 nitrogen and oxygen atoms in total. The largest absolute Gasteiger partial charge is 0.480 e. The second-order valence-corrected chi connectivity index (χ2v) is 3.65. The van der Waals surface area contributed by atoms with Crippen molar-refractivity contribution in [3.63, 3.8) is 0 Å². The van der Waals surface area contributed by atoms with Crippen LogP contribution in [0.5, 0.6) is 5.88 Å². The molecule has 1 N–H and O–H groups in total. The lowest BCUT2D eigenvalue weighted by Gasteiger charge is -2.06. The number of methoxy groups -OCH3 is 1. The van der Waals surface area contributed by atoms with Crippen LogP contribution < -0.4 is 10.1 Å². The molecule has 0 saturated heterocycles. The average molecular weight is 238 g/mol. The zero-order chi connectivity index (χ0) is 11.5. The highest BCUT2D eigenvalue weighted by atomic mass is 35.5. The lowest BCUT2D eigenvalue weighted by molar-refractivity contribution is 0.394. The van der Waals surface area contributed by atoms with Gasteiger partial charge in [-0.25, -0.2) is 4.68 Å². The Kier molecular flexibility index (Phi) is 3.01. The van der Waals surface area contributed by atoms with Gasteiger partial charge in [-0.3, -0.25) is 0 Å². The summed E-state index contributed by atoms with van der Waals surface area (Å²) in [7, 11) is 3.42. The fourth-order valence-corrected chi connectivity index (χ4v) is 1.63. The zero-order valence-electron chi connectivity index (χ0n) is 9.07. The first kappa shape index (κ1) is 10.8. The van der Waals surface area contributed by atoms with E-state index >= 15 is 0 Å². The van der Waals surface area contributed by atoms with Crippen molar-refractivity contribution in [3.05, 3.63) is 35.4 Å². The van der Waals surface area contributed by atoms with E-state index in [0.717, 1.165) is 11.5 Å². The van der Waals surface area contributed by atoms with Crippen molar-refractivity contribution in [2.24, 2.45) is 0 Å². The molecule has 0 saturated carbocycles. The number of benzene rings is 1. The maximum atomic E-state index is 5.94. The number of halogens is 1. The van der Waals surface area contributed by atoms with Gasteiger partial charge >= 0.3 is 0 Å². The number of aromatic nitrogens is 2. The Balaban J connectivity index is 2.50. The predicted molar refractivity (Wildman–Crippen MR) is 64.7 cm³/mol. The Morgan fingerprint density at radius 2 is 2.19 bits per heavy atom. The number of rotatable bonds is 3. The summed E-state index contributed by atoms with van der Waals surface area (Å²) in [6, 6.07) is 9.30. The Hall–Kier alpha value is -1.68. The standard InChI is InChI=1S/C11H12ClN3O/c1-13-10-7-11(16-2)14-15(10)9-5-3-4-8(12)6-9/h3-7,13H,1-2H3. The average Bonchev–Trinajstić information content (AvgIpc) is 2.72. The monoisotopic (exact) mass is 237 g/mol. The van der Waals surface area contributed by atoms with Crippen molar-refractivity contribution >= 4 is 17.4 Å². The minimum atomic E-state index is 0.560. The molecule has 2 aromatic rings. The summed E-state index contributed by atoms with van der Waals surface area (Å²) in [6.45, 7) is 0. The Morgan fingerprint density at radius 3 is 2.81 bits per heavy atom. The number of nitrogens with zero attached hydrogens (tertiary/aromatic N) is 2. The van der Waals surface area contributed by atoms with Crippen LogP contribution in [-0.4, -0.2) is 23.9 Å². The normalized spacial score (nSPS) is 10.2. The molecule has 1 heterocycles. The molecule has 1 aromatic heterocycles. The Bertz CT molecular complexity index is 496. The molecule has 0 unspecified atom stereocenters. The van der Waals surface area contributed by atoms with Crippen molar-refractivity contribution in [3.8, 4) is 11.6 Å². The van der Waals surface area contributed by atoms with Gasteiger partial charge in [-0.05, 0) is 18.2 Å². The first-order valence-electron chi connectivity index (χ1n) is 4.82. The van der Waals surface area contributed by atoms with Gasteiger partial charge in [0.1, 0.15) is 5.82 Å². The minimum absolute atomic E-state index is 0.560. The lowest BCUT2D eigenvalue weighted by atomic mass is 10.3. The van der Waals surface area contributed by atoms with Crippen molar-refractivity contribution in [2.75, 3.05) is 19.5 Å². The fourth-order valence-electron chi connectivity index (χ4n) is 1.44. The molecule has 0 fully saturated rings. The van der Waals surface area contributed by atoms with E-state index in [-0.39, 0.29) is 0 Å². The van der Waals surface area contributed by atoms with Crippen LogP contribution in [-0.2, 0) is 0 Å². The highest BCUT2D eigenvalue weighted by molar-refractivity contribution is 6.30. The van der Waals surface area contributed by atoms with Gasteiger partial charge in [0.15, 0.2) is 0 Å².